The van der Waals surface area contributed by atoms with E-state index in [4.69, 9.17) is 0 Å². The second-order valence-electron chi connectivity index (χ2n) is 6.18. The van der Waals surface area contributed by atoms with Crippen molar-refractivity contribution in [1.29, 1.82) is 0 Å². The Bertz CT molecular complexity index is 726. The van der Waals surface area contributed by atoms with E-state index in [0.29, 0.717) is 18.8 Å². The second-order valence-corrected chi connectivity index (χ2v) is 9.34. The molecule has 1 aromatic heterocycles. The third-order valence-electron chi connectivity index (χ3n) is 3.98. The van der Waals surface area contributed by atoms with E-state index in [0.717, 1.165) is 16.1 Å². The maximum Gasteiger partial charge on any atom is 0.321 e. The van der Waals surface area contributed by atoms with Gasteiger partial charge in [0.15, 0.2) is 0 Å². The van der Waals surface area contributed by atoms with E-state index < -0.39 is 10.8 Å². The molecule has 2 heterocycles. The van der Waals surface area contributed by atoms with Gasteiger partial charge in [-0.2, -0.15) is 0 Å². The predicted octanol–water partition coefficient (Wildman–Crippen LogP) is 3.79. The third-order valence-corrected chi connectivity index (χ3v) is 6.80. The Morgan fingerprint density at radius 2 is 2.04 bits per heavy atom. The molecule has 1 N–H and O–H groups in total. The molecule has 1 saturated heterocycles. The zero-order valence-corrected chi connectivity index (χ0v) is 14.9. The van der Waals surface area contributed by atoms with Gasteiger partial charge in [-0.3, -0.25) is 4.21 Å². The van der Waals surface area contributed by atoms with Crippen LogP contribution in [0.2, 0.25) is 0 Å². The van der Waals surface area contributed by atoms with Crippen molar-refractivity contribution in [3.8, 4) is 10.4 Å². The smallest absolute Gasteiger partial charge is 0.321 e. The lowest BCUT2D eigenvalue weighted by Gasteiger charge is -2.37. The molecule has 1 unspecified atom stereocenters. The summed E-state index contributed by atoms with van der Waals surface area (Å²) in [5, 5.41) is 5.04. The average molecular weight is 348 g/mol. The van der Waals surface area contributed by atoms with Crippen LogP contribution in [0.15, 0.2) is 41.8 Å². The molecule has 1 fully saturated rings. The van der Waals surface area contributed by atoms with Crippen LogP contribution < -0.4 is 5.32 Å². The van der Waals surface area contributed by atoms with Gasteiger partial charge in [0.25, 0.3) is 0 Å². The quantitative estimate of drug-likeness (QED) is 0.898. The van der Waals surface area contributed by atoms with Crippen molar-refractivity contribution in [1.82, 2.24) is 4.90 Å². The average Bonchev–Trinajstić information content (AvgIpc) is 3.04. The minimum Gasteiger partial charge on any atom is -0.322 e. The first-order chi connectivity index (χ1) is 11.0. The van der Waals surface area contributed by atoms with Gasteiger partial charge in [0.2, 0.25) is 0 Å². The molecular formula is C17H20N2O2S2. The molecule has 3 rings (SSSR count). The number of rotatable bonds is 2. The van der Waals surface area contributed by atoms with Crippen LogP contribution in [0.1, 0.15) is 13.8 Å². The molecule has 1 aromatic carbocycles. The lowest BCUT2D eigenvalue weighted by atomic mass is 10.1. The fourth-order valence-corrected chi connectivity index (χ4v) is 4.69. The van der Waals surface area contributed by atoms with Gasteiger partial charge in [-0.05, 0) is 31.4 Å². The van der Waals surface area contributed by atoms with E-state index in [1.54, 1.807) is 16.2 Å². The van der Waals surface area contributed by atoms with Crippen LogP contribution >= 0.6 is 11.3 Å². The fourth-order valence-electron chi connectivity index (χ4n) is 2.69. The number of thiophene rings is 1. The maximum atomic E-state index is 12.6. The summed E-state index contributed by atoms with van der Waals surface area (Å²) >= 11 is 1.65. The Kier molecular flexibility index (Phi) is 4.55. The van der Waals surface area contributed by atoms with E-state index >= 15 is 0 Å². The number of hydrogen-bond acceptors (Lipinski definition) is 3. The van der Waals surface area contributed by atoms with Crippen molar-refractivity contribution in [3.05, 3.63) is 41.8 Å². The number of hydrogen-bond donors (Lipinski definition) is 1. The highest BCUT2D eigenvalue weighted by atomic mass is 32.2. The summed E-state index contributed by atoms with van der Waals surface area (Å²) in [6.07, 6.45) is 0. The van der Waals surface area contributed by atoms with Crippen LogP contribution in [0.5, 0.6) is 0 Å². The molecule has 1 atom stereocenters. The third kappa shape index (κ3) is 3.48. The molecule has 4 nitrogen and oxygen atoms in total. The Hall–Kier alpha value is -1.66. The zero-order valence-electron chi connectivity index (χ0n) is 13.2. The maximum absolute atomic E-state index is 12.6. The minimum absolute atomic E-state index is 0.126. The molecule has 0 spiro atoms. The highest BCUT2D eigenvalue weighted by molar-refractivity contribution is 7.86. The Labute approximate surface area is 143 Å². The molecule has 6 heteroatoms. The van der Waals surface area contributed by atoms with E-state index in [2.05, 4.69) is 5.32 Å². The summed E-state index contributed by atoms with van der Waals surface area (Å²) in [7, 11) is -0.883. The monoisotopic (exact) mass is 348 g/mol. The van der Waals surface area contributed by atoms with E-state index in [9.17, 15) is 9.00 Å². The SMILES string of the molecule is CC1(C)CN(C(=O)Nc2ccccc2-c2cccs2)CCS1=O. The first-order valence-electron chi connectivity index (χ1n) is 7.55. The van der Waals surface area contributed by atoms with E-state index in [-0.39, 0.29) is 10.8 Å². The molecule has 2 aromatic rings. The van der Waals surface area contributed by atoms with E-state index in [1.807, 2.05) is 55.6 Å². The molecule has 2 amide bonds. The van der Waals surface area contributed by atoms with Crippen molar-refractivity contribution in [2.75, 3.05) is 24.2 Å². The normalized spacial score (nSPS) is 20.3. The molecular weight excluding hydrogens is 328 g/mol. The first kappa shape index (κ1) is 16.2. The largest absolute Gasteiger partial charge is 0.322 e. The van der Waals surface area contributed by atoms with Crippen LogP contribution in [-0.4, -0.2) is 38.7 Å². The zero-order chi connectivity index (χ0) is 16.4. The number of amides is 2. The molecule has 0 aliphatic carbocycles. The predicted molar refractivity (Wildman–Crippen MR) is 97.4 cm³/mol. The summed E-state index contributed by atoms with van der Waals surface area (Å²) in [4.78, 5) is 15.5. The Morgan fingerprint density at radius 1 is 1.26 bits per heavy atom. The Morgan fingerprint density at radius 3 is 2.74 bits per heavy atom. The lowest BCUT2D eigenvalue weighted by Crippen LogP contribution is -2.53. The Balaban J connectivity index is 1.78. The first-order valence-corrected chi connectivity index (χ1v) is 9.74. The number of anilines is 1. The van der Waals surface area contributed by atoms with Gasteiger partial charge in [0, 0.05) is 40.1 Å². The van der Waals surface area contributed by atoms with Crippen LogP contribution in [0.25, 0.3) is 10.4 Å². The molecule has 0 bridgehead atoms. The standard InChI is InChI=1S/C17H20N2O2S2/c1-17(2)12-19(9-11-23(17)21)16(20)18-14-7-4-3-6-13(14)15-8-5-10-22-15/h3-8,10H,9,11-12H2,1-2H3,(H,18,20). The van der Waals surface area contributed by atoms with E-state index in [1.165, 1.54) is 0 Å². The number of benzene rings is 1. The topological polar surface area (TPSA) is 49.4 Å². The number of nitrogens with zero attached hydrogens (tertiary/aromatic N) is 1. The molecule has 0 radical (unpaired) electrons. The number of urea groups is 1. The highest BCUT2D eigenvalue weighted by Gasteiger charge is 2.35. The van der Waals surface area contributed by atoms with Gasteiger partial charge in [-0.15, -0.1) is 11.3 Å². The van der Waals surface area contributed by atoms with Crippen LogP contribution in [0.3, 0.4) is 0 Å². The van der Waals surface area contributed by atoms with Crippen LogP contribution in [0.4, 0.5) is 10.5 Å². The van der Waals surface area contributed by atoms with Gasteiger partial charge < -0.3 is 10.2 Å². The van der Waals surface area contributed by atoms with Gasteiger partial charge >= 0.3 is 6.03 Å². The number of carbonyl (C=O) groups is 1. The summed E-state index contributed by atoms with van der Waals surface area (Å²) in [6, 6.07) is 11.7. The van der Waals surface area contributed by atoms with Crippen LogP contribution in [-0.2, 0) is 10.8 Å². The lowest BCUT2D eigenvalue weighted by molar-refractivity contribution is 0.207. The summed E-state index contributed by atoms with van der Waals surface area (Å²) in [5.74, 6) is 0.535. The van der Waals surface area contributed by atoms with Crippen LogP contribution in [0, 0.1) is 0 Å². The summed E-state index contributed by atoms with van der Waals surface area (Å²) < 4.78 is 11.6. The number of para-hydroxylation sites is 1. The van der Waals surface area contributed by atoms with Crippen molar-refractivity contribution in [3.63, 3.8) is 0 Å². The van der Waals surface area contributed by atoms with Gasteiger partial charge in [-0.1, -0.05) is 24.3 Å². The van der Waals surface area contributed by atoms with Gasteiger partial charge in [0.1, 0.15) is 0 Å². The molecule has 0 saturated carbocycles. The molecule has 1 aliphatic heterocycles. The second kappa shape index (κ2) is 6.45. The van der Waals surface area contributed by atoms with Crippen molar-refractivity contribution in [2.24, 2.45) is 0 Å². The van der Waals surface area contributed by atoms with Gasteiger partial charge in [0.05, 0.1) is 10.4 Å². The molecule has 1 aliphatic rings. The minimum atomic E-state index is -0.883. The summed E-state index contributed by atoms with van der Waals surface area (Å²) in [5.41, 5.74) is 1.83. The van der Waals surface area contributed by atoms with Crippen molar-refractivity contribution >= 4 is 33.9 Å². The van der Waals surface area contributed by atoms with Crippen molar-refractivity contribution in [2.45, 2.75) is 18.6 Å². The number of carbonyl (C=O) groups excluding carboxylic acids is 1. The highest BCUT2D eigenvalue weighted by Crippen LogP contribution is 2.31. The number of nitrogens with one attached hydrogen (secondary N) is 1. The van der Waals surface area contributed by atoms with Gasteiger partial charge in [-0.25, -0.2) is 4.79 Å². The summed E-state index contributed by atoms with van der Waals surface area (Å²) in [6.45, 7) is 4.93. The fraction of sp³-hybridized carbons (Fsp3) is 0.353. The van der Waals surface area contributed by atoms with Crippen molar-refractivity contribution < 1.29 is 9.00 Å². The molecule has 23 heavy (non-hydrogen) atoms. The molecule has 122 valence electrons.